The fourth-order valence-corrected chi connectivity index (χ4v) is 3.53. The van der Waals surface area contributed by atoms with Crippen LogP contribution in [0, 0.1) is 5.41 Å². The predicted octanol–water partition coefficient (Wildman–Crippen LogP) is 1.25. The maximum atomic E-state index is 12.5. The van der Waals surface area contributed by atoms with Crippen LogP contribution in [0.4, 0.5) is 0 Å². The second-order valence-corrected chi connectivity index (χ2v) is 6.62. The summed E-state index contributed by atoms with van der Waals surface area (Å²) in [6, 6.07) is 0.334. The number of carbonyl (C=O) groups excluding carboxylic acids is 1. The fourth-order valence-electron chi connectivity index (χ4n) is 3.53. The number of β-lactam (4-membered cyclic amide) rings is 1. The Bertz CT molecular complexity index is 510. The highest BCUT2D eigenvalue weighted by molar-refractivity contribution is 5.89. The lowest BCUT2D eigenvalue weighted by molar-refractivity contribution is -0.169. The standard InChI is InChI=1S/C15H24N4O/c1-12(2)19-10-15(14(19)20)5-4-6-18(9-15)8-13-7-16-11-17(13)3/h7,11-12H,4-6,8-10H2,1-3H3/t15-/m0/s1. The summed E-state index contributed by atoms with van der Waals surface area (Å²) in [5.41, 5.74) is 1.12. The van der Waals surface area contributed by atoms with Crippen LogP contribution in [0.2, 0.25) is 0 Å². The Morgan fingerprint density at radius 1 is 1.40 bits per heavy atom. The molecular weight excluding hydrogens is 252 g/mol. The number of carbonyl (C=O) groups is 1. The van der Waals surface area contributed by atoms with Crippen molar-refractivity contribution in [3.05, 3.63) is 18.2 Å². The van der Waals surface area contributed by atoms with Crippen LogP contribution < -0.4 is 0 Å². The van der Waals surface area contributed by atoms with Crippen molar-refractivity contribution >= 4 is 5.91 Å². The number of aryl methyl sites for hydroxylation is 1. The molecule has 2 fully saturated rings. The van der Waals surface area contributed by atoms with Gasteiger partial charge in [-0.25, -0.2) is 4.98 Å². The number of amides is 1. The maximum Gasteiger partial charge on any atom is 0.232 e. The Morgan fingerprint density at radius 3 is 2.80 bits per heavy atom. The van der Waals surface area contributed by atoms with Crippen LogP contribution in [0.3, 0.4) is 0 Å². The SMILES string of the molecule is CC(C)N1C[C@@]2(CCCN(Cc3cncn3C)C2)C1=O. The summed E-state index contributed by atoms with van der Waals surface area (Å²) in [4.78, 5) is 21.1. The van der Waals surface area contributed by atoms with Gasteiger partial charge in [0.1, 0.15) is 0 Å². The second-order valence-electron chi connectivity index (χ2n) is 6.62. The molecule has 3 heterocycles. The summed E-state index contributed by atoms with van der Waals surface area (Å²) in [6.45, 7) is 8.02. The Labute approximate surface area is 120 Å². The van der Waals surface area contributed by atoms with Crippen molar-refractivity contribution in [1.29, 1.82) is 0 Å². The molecule has 3 rings (SSSR count). The van der Waals surface area contributed by atoms with E-state index < -0.39 is 0 Å². The first-order valence-corrected chi connectivity index (χ1v) is 7.50. The molecule has 2 aliphatic rings. The Morgan fingerprint density at radius 2 is 2.20 bits per heavy atom. The van der Waals surface area contributed by atoms with Crippen molar-refractivity contribution < 1.29 is 4.79 Å². The lowest BCUT2D eigenvalue weighted by Gasteiger charge is -2.54. The van der Waals surface area contributed by atoms with Gasteiger partial charge in [-0.15, -0.1) is 0 Å². The van der Waals surface area contributed by atoms with E-state index in [-0.39, 0.29) is 5.41 Å². The highest BCUT2D eigenvalue weighted by atomic mass is 16.2. The summed E-state index contributed by atoms with van der Waals surface area (Å²) >= 11 is 0. The van der Waals surface area contributed by atoms with E-state index in [1.165, 1.54) is 5.69 Å². The molecular formula is C15H24N4O. The summed E-state index contributed by atoms with van der Waals surface area (Å²) < 4.78 is 2.06. The summed E-state index contributed by atoms with van der Waals surface area (Å²) in [5, 5.41) is 0. The van der Waals surface area contributed by atoms with Crippen LogP contribution >= 0.6 is 0 Å². The molecule has 20 heavy (non-hydrogen) atoms. The van der Waals surface area contributed by atoms with Gasteiger partial charge in [-0.1, -0.05) is 0 Å². The van der Waals surface area contributed by atoms with Crippen LogP contribution in [0.15, 0.2) is 12.5 Å². The van der Waals surface area contributed by atoms with Crippen molar-refractivity contribution in [2.45, 2.75) is 39.3 Å². The normalized spacial score (nSPS) is 27.4. The van der Waals surface area contributed by atoms with E-state index in [0.29, 0.717) is 11.9 Å². The van der Waals surface area contributed by atoms with E-state index in [9.17, 15) is 4.79 Å². The predicted molar refractivity (Wildman–Crippen MR) is 77.0 cm³/mol. The number of nitrogens with zero attached hydrogens (tertiary/aromatic N) is 4. The van der Waals surface area contributed by atoms with E-state index in [1.807, 2.05) is 24.5 Å². The lowest BCUT2D eigenvalue weighted by Crippen LogP contribution is -2.68. The van der Waals surface area contributed by atoms with Gasteiger partial charge >= 0.3 is 0 Å². The minimum absolute atomic E-state index is 0.0961. The molecule has 1 aromatic rings. The number of likely N-dealkylation sites (tertiary alicyclic amines) is 2. The molecule has 0 N–H and O–H groups in total. The minimum atomic E-state index is -0.0961. The van der Waals surface area contributed by atoms with Crippen LogP contribution in [0.25, 0.3) is 0 Å². The van der Waals surface area contributed by atoms with Crippen LogP contribution in [-0.2, 0) is 18.4 Å². The van der Waals surface area contributed by atoms with Gasteiger partial charge in [-0.05, 0) is 33.2 Å². The molecule has 0 aromatic carbocycles. The first-order chi connectivity index (χ1) is 9.52. The zero-order valence-corrected chi connectivity index (χ0v) is 12.7. The second kappa shape index (κ2) is 4.88. The Balaban J connectivity index is 1.66. The molecule has 1 spiro atoms. The Kier molecular flexibility index (Phi) is 3.32. The quantitative estimate of drug-likeness (QED) is 0.780. The third-order valence-electron chi connectivity index (χ3n) is 4.77. The monoisotopic (exact) mass is 276 g/mol. The number of imidazole rings is 1. The van der Waals surface area contributed by atoms with Crippen LogP contribution in [0.1, 0.15) is 32.4 Å². The minimum Gasteiger partial charge on any atom is -0.339 e. The number of hydrogen-bond donors (Lipinski definition) is 0. The van der Waals surface area contributed by atoms with Crippen LogP contribution in [0.5, 0.6) is 0 Å². The van der Waals surface area contributed by atoms with E-state index in [4.69, 9.17) is 0 Å². The largest absolute Gasteiger partial charge is 0.339 e. The highest BCUT2D eigenvalue weighted by Crippen LogP contribution is 2.41. The lowest BCUT2D eigenvalue weighted by atomic mass is 9.71. The molecule has 1 amide bonds. The number of aromatic nitrogens is 2. The van der Waals surface area contributed by atoms with Gasteiger partial charge in [0.05, 0.1) is 17.4 Å². The molecule has 0 saturated carbocycles. The molecule has 1 aromatic heterocycles. The first-order valence-electron chi connectivity index (χ1n) is 7.50. The molecule has 5 nitrogen and oxygen atoms in total. The van der Waals surface area contributed by atoms with E-state index in [1.54, 1.807) is 0 Å². The smallest absolute Gasteiger partial charge is 0.232 e. The van der Waals surface area contributed by atoms with Gasteiger partial charge in [0.25, 0.3) is 0 Å². The number of hydrogen-bond acceptors (Lipinski definition) is 3. The summed E-state index contributed by atoms with van der Waals surface area (Å²) in [6.07, 6.45) is 5.93. The topological polar surface area (TPSA) is 41.4 Å². The third kappa shape index (κ3) is 2.14. The highest BCUT2D eigenvalue weighted by Gasteiger charge is 2.54. The number of piperidine rings is 1. The Hall–Kier alpha value is -1.36. The van der Waals surface area contributed by atoms with E-state index >= 15 is 0 Å². The summed E-state index contributed by atoms with van der Waals surface area (Å²) in [7, 11) is 2.02. The third-order valence-corrected chi connectivity index (χ3v) is 4.77. The van der Waals surface area contributed by atoms with Gasteiger partial charge < -0.3 is 9.47 Å². The zero-order valence-electron chi connectivity index (χ0n) is 12.7. The zero-order chi connectivity index (χ0) is 14.3. The first kappa shape index (κ1) is 13.6. The molecule has 2 aliphatic heterocycles. The van der Waals surface area contributed by atoms with Gasteiger partial charge in [0.2, 0.25) is 5.91 Å². The van der Waals surface area contributed by atoms with Crippen molar-refractivity contribution in [2.24, 2.45) is 12.5 Å². The number of rotatable bonds is 3. The van der Waals surface area contributed by atoms with E-state index in [2.05, 4.69) is 28.3 Å². The van der Waals surface area contributed by atoms with Crippen molar-refractivity contribution in [3.63, 3.8) is 0 Å². The average Bonchev–Trinajstić information content (AvgIpc) is 2.81. The molecule has 0 aliphatic carbocycles. The van der Waals surface area contributed by atoms with Gasteiger partial charge in [-0.2, -0.15) is 0 Å². The fraction of sp³-hybridized carbons (Fsp3) is 0.733. The average molecular weight is 276 g/mol. The summed E-state index contributed by atoms with van der Waals surface area (Å²) in [5.74, 6) is 0.363. The maximum absolute atomic E-state index is 12.5. The molecule has 0 radical (unpaired) electrons. The molecule has 2 saturated heterocycles. The van der Waals surface area contributed by atoms with Crippen molar-refractivity contribution in [2.75, 3.05) is 19.6 Å². The van der Waals surface area contributed by atoms with Crippen LogP contribution in [-0.4, -0.2) is 50.9 Å². The van der Waals surface area contributed by atoms with Crippen molar-refractivity contribution in [3.8, 4) is 0 Å². The molecule has 0 unspecified atom stereocenters. The van der Waals surface area contributed by atoms with Gasteiger partial charge in [0.15, 0.2) is 0 Å². The molecule has 1 atom stereocenters. The molecule has 5 heteroatoms. The van der Waals surface area contributed by atoms with E-state index in [0.717, 1.165) is 39.0 Å². The molecule has 0 bridgehead atoms. The van der Waals surface area contributed by atoms with Crippen molar-refractivity contribution in [1.82, 2.24) is 19.4 Å². The van der Waals surface area contributed by atoms with Gasteiger partial charge in [-0.3, -0.25) is 9.69 Å². The molecule has 110 valence electrons. The van der Waals surface area contributed by atoms with Gasteiger partial charge in [0, 0.05) is 38.9 Å².